The topological polar surface area (TPSA) is 26.3 Å². The van der Waals surface area contributed by atoms with E-state index in [1.54, 1.807) is 18.2 Å². The molecule has 0 aliphatic heterocycles. The second-order valence-corrected chi connectivity index (χ2v) is 6.42. The van der Waals surface area contributed by atoms with Crippen LogP contribution in [0.3, 0.4) is 0 Å². The van der Waals surface area contributed by atoms with Gasteiger partial charge in [-0.3, -0.25) is 4.79 Å². The highest BCUT2D eigenvalue weighted by Crippen LogP contribution is 2.27. The Bertz CT molecular complexity index is 450. The fraction of sp³-hybridized carbons (Fsp3) is 0.533. The first-order valence-corrected chi connectivity index (χ1v) is 7.09. The number of hydrogen-bond donors (Lipinski definition) is 0. The number of benzene rings is 1. The van der Waals surface area contributed by atoms with Crippen molar-refractivity contribution in [2.75, 3.05) is 6.61 Å². The molecule has 0 fully saturated rings. The summed E-state index contributed by atoms with van der Waals surface area (Å²) in [5.41, 5.74) is 0.506. The molecule has 0 radical (unpaired) electrons. The van der Waals surface area contributed by atoms with Crippen LogP contribution in [0.25, 0.3) is 0 Å². The lowest BCUT2D eigenvalue weighted by Crippen LogP contribution is -2.38. The molecule has 1 atom stereocenters. The first-order chi connectivity index (χ1) is 8.75. The first-order valence-electron chi connectivity index (χ1n) is 6.34. The van der Waals surface area contributed by atoms with E-state index in [2.05, 4.69) is 0 Å². The van der Waals surface area contributed by atoms with Gasteiger partial charge in [-0.2, -0.15) is 0 Å². The Labute approximate surface area is 125 Å². The highest BCUT2D eigenvalue weighted by Gasteiger charge is 2.31. The summed E-state index contributed by atoms with van der Waals surface area (Å²) in [5, 5.41) is 1.14. The molecule has 19 heavy (non-hydrogen) atoms. The van der Waals surface area contributed by atoms with Crippen molar-refractivity contribution in [1.82, 2.24) is 0 Å². The molecule has 0 aromatic heterocycles. The monoisotopic (exact) mass is 302 g/mol. The molecule has 0 aliphatic rings. The van der Waals surface area contributed by atoms with Crippen molar-refractivity contribution in [3.05, 3.63) is 33.8 Å². The predicted octanol–water partition coefficient (Wildman–Crippen LogP) is 4.56. The molecule has 0 aliphatic carbocycles. The van der Waals surface area contributed by atoms with Crippen LogP contribution in [0.1, 0.15) is 33.3 Å². The molecule has 1 aromatic rings. The number of halogens is 2. The zero-order chi connectivity index (χ0) is 14.6. The van der Waals surface area contributed by atoms with E-state index in [4.69, 9.17) is 27.9 Å². The van der Waals surface area contributed by atoms with E-state index in [1.165, 1.54) is 0 Å². The molecular formula is C15H20Cl2O2. The number of rotatable bonds is 5. The second-order valence-electron chi connectivity index (χ2n) is 5.58. The van der Waals surface area contributed by atoms with Crippen LogP contribution in [0.5, 0.6) is 0 Å². The largest absolute Gasteiger partial charge is 0.370 e. The van der Waals surface area contributed by atoms with E-state index in [1.807, 2.05) is 27.7 Å². The lowest BCUT2D eigenvalue weighted by molar-refractivity contribution is -0.136. The molecule has 0 amide bonds. The minimum absolute atomic E-state index is 0.0264. The molecule has 0 N–H and O–H groups in total. The van der Waals surface area contributed by atoms with Gasteiger partial charge in [-0.15, -0.1) is 0 Å². The number of hydrogen-bond acceptors (Lipinski definition) is 2. The normalized spacial score (nSPS) is 13.4. The summed E-state index contributed by atoms with van der Waals surface area (Å²) in [5.74, 6) is 0.0264. The number of ketones is 1. The summed E-state index contributed by atoms with van der Waals surface area (Å²) in [6.07, 6.45) is -0.200. The van der Waals surface area contributed by atoms with Gasteiger partial charge in [0.2, 0.25) is 0 Å². The maximum Gasteiger partial charge on any atom is 0.166 e. The highest BCUT2D eigenvalue weighted by atomic mass is 35.5. The van der Waals surface area contributed by atoms with Gasteiger partial charge in [0.25, 0.3) is 0 Å². The van der Waals surface area contributed by atoms with Crippen molar-refractivity contribution in [1.29, 1.82) is 0 Å². The molecule has 4 heteroatoms. The molecule has 0 spiro atoms. The average Bonchev–Trinajstić information content (AvgIpc) is 2.29. The van der Waals surface area contributed by atoms with Crippen LogP contribution in [-0.4, -0.2) is 18.5 Å². The van der Waals surface area contributed by atoms with E-state index in [9.17, 15) is 4.79 Å². The van der Waals surface area contributed by atoms with Gasteiger partial charge in [-0.25, -0.2) is 0 Å². The van der Waals surface area contributed by atoms with Crippen molar-refractivity contribution >= 4 is 29.0 Å². The van der Waals surface area contributed by atoms with Crippen LogP contribution in [0.15, 0.2) is 18.2 Å². The smallest absolute Gasteiger partial charge is 0.166 e. The highest BCUT2D eigenvalue weighted by molar-refractivity contribution is 6.33. The maximum atomic E-state index is 12.4. The molecule has 0 saturated heterocycles. The predicted molar refractivity (Wildman–Crippen MR) is 80.0 cm³/mol. The minimum atomic E-state index is -0.437. The zero-order valence-corrected chi connectivity index (χ0v) is 13.3. The quantitative estimate of drug-likeness (QED) is 0.797. The van der Waals surface area contributed by atoms with Crippen molar-refractivity contribution < 1.29 is 9.53 Å². The number of Topliss-reactive ketones (excluding diaryl/α,β-unsaturated/α-hetero) is 1. The molecule has 0 saturated carbocycles. The van der Waals surface area contributed by atoms with Crippen molar-refractivity contribution in [3.8, 4) is 0 Å². The van der Waals surface area contributed by atoms with Gasteiger partial charge in [-0.1, -0.05) is 44.0 Å². The summed E-state index contributed by atoms with van der Waals surface area (Å²) in [6.45, 7) is 8.37. The van der Waals surface area contributed by atoms with E-state index in [-0.39, 0.29) is 17.6 Å². The van der Waals surface area contributed by atoms with E-state index >= 15 is 0 Å². The fourth-order valence-corrected chi connectivity index (χ4v) is 2.33. The third kappa shape index (κ3) is 4.79. The van der Waals surface area contributed by atoms with E-state index in [0.717, 1.165) is 5.56 Å². The summed E-state index contributed by atoms with van der Waals surface area (Å²) in [7, 11) is 0. The molecule has 1 unspecified atom stereocenters. The SMILES string of the molecule is CCOC(C(=O)Cc1cc(Cl)ccc1Cl)C(C)(C)C. The maximum absolute atomic E-state index is 12.4. The standard InChI is InChI=1S/C15H20Cl2O2/c1-5-19-14(15(2,3)4)13(18)9-10-8-11(16)6-7-12(10)17/h6-8,14H,5,9H2,1-4H3. The van der Waals surface area contributed by atoms with E-state index < -0.39 is 6.10 Å². The van der Waals surface area contributed by atoms with Crippen LogP contribution in [0.4, 0.5) is 0 Å². The molecule has 0 bridgehead atoms. The van der Waals surface area contributed by atoms with Gasteiger partial charge in [0.1, 0.15) is 6.10 Å². The fourth-order valence-electron chi connectivity index (χ4n) is 1.95. The first kappa shape index (κ1) is 16.5. The lowest BCUT2D eigenvalue weighted by atomic mass is 9.84. The molecule has 1 aromatic carbocycles. The Kier molecular flexibility index (Phi) is 5.84. The zero-order valence-electron chi connectivity index (χ0n) is 11.8. The third-order valence-electron chi connectivity index (χ3n) is 2.78. The van der Waals surface area contributed by atoms with Crippen LogP contribution in [0.2, 0.25) is 10.0 Å². The van der Waals surface area contributed by atoms with E-state index in [0.29, 0.717) is 16.7 Å². The number of carbonyl (C=O) groups excluding carboxylic acids is 1. The van der Waals surface area contributed by atoms with Crippen LogP contribution in [-0.2, 0) is 16.0 Å². The average molecular weight is 303 g/mol. The van der Waals surface area contributed by atoms with Gasteiger partial charge in [-0.05, 0) is 36.1 Å². The molecule has 0 heterocycles. The Balaban J connectivity index is 2.90. The van der Waals surface area contributed by atoms with Crippen LogP contribution >= 0.6 is 23.2 Å². The van der Waals surface area contributed by atoms with Gasteiger partial charge >= 0.3 is 0 Å². The number of ether oxygens (including phenoxy) is 1. The molecule has 1 rings (SSSR count). The van der Waals surface area contributed by atoms with Gasteiger partial charge in [0.05, 0.1) is 0 Å². The second kappa shape index (κ2) is 6.74. The van der Waals surface area contributed by atoms with Crippen molar-refractivity contribution in [2.24, 2.45) is 5.41 Å². The Hall–Kier alpha value is -0.570. The van der Waals surface area contributed by atoms with Gasteiger partial charge in [0.15, 0.2) is 5.78 Å². The Morgan fingerprint density at radius 1 is 1.32 bits per heavy atom. The lowest BCUT2D eigenvalue weighted by Gasteiger charge is -2.29. The van der Waals surface area contributed by atoms with Crippen LogP contribution < -0.4 is 0 Å². The van der Waals surface area contributed by atoms with Crippen molar-refractivity contribution in [3.63, 3.8) is 0 Å². The summed E-state index contributed by atoms with van der Waals surface area (Å²) < 4.78 is 5.58. The third-order valence-corrected chi connectivity index (χ3v) is 3.39. The van der Waals surface area contributed by atoms with Crippen LogP contribution in [0, 0.1) is 5.41 Å². The molecule has 2 nitrogen and oxygen atoms in total. The summed E-state index contributed by atoms with van der Waals surface area (Å²) in [6, 6.07) is 5.15. The Morgan fingerprint density at radius 2 is 1.95 bits per heavy atom. The van der Waals surface area contributed by atoms with Crippen molar-refractivity contribution in [2.45, 2.75) is 40.2 Å². The number of carbonyl (C=O) groups is 1. The van der Waals surface area contributed by atoms with Gasteiger partial charge < -0.3 is 4.74 Å². The molecular weight excluding hydrogens is 283 g/mol. The summed E-state index contributed by atoms with van der Waals surface area (Å²) in [4.78, 5) is 12.4. The molecule has 106 valence electrons. The minimum Gasteiger partial charge on any atom is -0.370 e. The van der Waals surface area contributed by atoms with Gasteiger partial charge in [0, 0.05) is 23.1 Å². The summed E-state index contributed by atoms with van der Waals surface area (Å²) >= 11 is 12.0. The Morgan fingerprint density at radius 3 is 2.47 bits per heavy atom.